The van der Waals surface area contributed by atoms with Crippen LogP contribution in [0.25, 0.3) is 0 Å². The molecule has 0 heterocycles. The molecule has 0 bridgehead atoms. The molecule has 1 N–H and O–H groups in total. The summed E-state index contributed by atoms with van der Waals surface area (Å²) in [6.45, 7) is 8.63. The molecule has 0 aromatic carbocycles. The van der Waals surface area contributed by atoms with Crippen LogP contribution < -0.4 is 0 Å². The summed E-state index contributed by atoms with van der Waals surface area (Å²) in [7, 11) is 0. The van der Waals surface area contributed by atoms with Crippen LogP contribution in [-0.4, -0.2) is 36.4 Å². The van der Waals surface area contributed by atoms with Gasteiger partial charge in [0.15, 0.2) is 6.10 Å². The zero-order valence-electron chi connectivity index (χ0n) is 21.5. The molecule has 0 aliphatic heterocycles. The van der Waals surface area contributed by atoms with E-state index in [9.17, 15) is 14.7 Å². The lowest BCUT2D eigenvalue weighted by Crippen LogP contribution is -2.28. The second-order valence-electron chi connectivity index (χ2n) is 10.1. The highest BCUT2D eigenvalue weighted by Crippen LogP contribution is 2.13. The van der Waals surface area contributed by atoms with Crippen LogP contribution in [0.4, 0.5) is 0 Å². The predicted molar refractivity (Wildman–Crippen MR) is 131 cm³/mol. The van der Waals surface area contributed by atoms with Crippen molar-refractivity contribution in [1.29, 1.82) is 0 Å². The fourth-order valence-corrected chi connectivity index (χ4v) is 3.68. The van der Waals surface area contributed by atoms with Gasteiger partial charge in [-0.1, -0.05) is 105 Å². The Bertz CT molecular complexity index is 447. The highest BCUT2D eigenvalue weighted by atomic mass is 16.6. The Labute approximate surface area is 198 Å². The van der Waals surface area contributed by atoms with Gasteiger partial charge in [-0.15, -0.1) is 0 Å². The van der Waals surface area contributed by atoms with Gasteiger partial charge in [-0.2, -0.15) is 0 Å². The first-order valence-electron chi connectivity index (χ1n) is 13.3. The molecule has 32 heavy (non-hydrogen) atoms. The molecule has 0 aromatic heterocycles. The molecule has 0 aliphatic carbocycles. The zero-order valence-corrected chi connectivity index (χ0v) is 21.5. The largest absolute Gasteiger partial charge is 0.462 e. The third-order valence-corrected chi connectivity index (χ3v) is 5.76. The van der Waals surface area contributed by atoms with Crippen LogP contribution >= 0.6 is 0 Å². The Morgan fingerprint density at radius 1 is 0.625 bits per heavy atom. The second-order valence-corrected chi connectivity index (χ2v) is 10.1. The lowest BCUT2D eigenvalue weighted by atomic mass is 10.0. The van der Waals surface area contributed by atoms with Crippen LogP contribution in [0.2, 0.25) is 0 Å². The Hall–Kier alpha value is -1.10. The standard InChI is InChI=1S/C27H52O5/c1-23(2)17-13-9-5-7-11-15-19-26(29)31-22-25(21-28)32-27(30)20-16-12-8-6-10-14-18-24(3)4/h23-25,28H,5-22H2,1-4H3. The SMILES string of the molecule is CC(C)CCCCCCCCC(=O)OCC(CO)OC(=O)CCCCCCCCC(C)C. The summed E-state index contributed by atoms with van der Waals surface area (Å²) in [4.78, 5) is 23.8. The molecule has 0 radical (unpaired) electrons. The fourth-order valence-electron chi connectivity index (χ4n) is 3.68. The Balaban J connectivity index is 3.65. The minimum Gasteiger partial charge on any atom is -0.462 e. The summed E-state index contributed by atoms with van der Waals surface area (Å²) in [5, 5.41) is 9.40. The summed E-state index contributed by atoms with van der Waals surface area (Å²) in [6, 6.07) is 0. The summed E-state index contributed by atoms with van der Waals surface area (Å²) < 4.78 is 10.4. The molecule has 5 heteroatoms. The van der Waals surface area contributed by atoms with Crippen LogP contribution in [0.15, 0.2) is 0 Å². The first-order valence-corrected chi connectivity index (χ1v) is 13.3. The molecule has 190 valence electrons. The Morgan fingerprint density at radius 3 is 1.47 bits per heavy atom. The molecule has 0 saturated heterocycles. The normalized spacial score (nSPS) is 12.3. The van der Waals surface area contributed by atoms with Crippen LogP contribution in [-0.2, 0) is 19.1 Å². The van der Waals surface area contributed by atoms with Gasteiger partial charge in [-0.25, -0.2) is 0 Å². The lowest BCUT2D eigenvalue weighted by molar-refractivity contribution is -0.161. The number of hydrogen-bond acceptors (Lipinski definition) is 5. The van der Waals surface area contributed by atoms with Crippen molar-refractivity contribution in [3.05, 3.63) is 0 Å². The van der Waals surface area contributed by atoms with Gasteiger partial charge in [-0.3, -0.25) is 9.59 Å². The van der Waals surface area contributed by atoms with Crippen molar-refractivity contribution in [3.63, 3.8) is 0 Å². The summed E-state index contributed by atoms with van der Waals surface area (Å²) in [5.41, 5.74) is 0. The van der Waals surface area contributed by atoms with Gasteiger partial charge in [0, 0.05) is 12.8 Å². The Kier molecular flexibility index (Phi) is 21.0. The lowest BCUT2D eigenvalue weighted by Gasteiger charge is -2.15. The average Bonchev–Trinajstić information content (AvgIpc) is 2.74. The molecule has 0 rings (SSSR count). The van der Waals surface area contributed by atoms with Gasteiger partial charge in [0.2, 0.25) is 0 Å². The molecule has 0 saturated carbocycles. The third-order valence-electron chi connectivity index (χ3n) is 5.76. The molecule has 0 amide bonds. The van der Waals surface area contributed by atoms with E-state index in [1.165, 1.54) is 51.4 Å². The van der Waals surface area contributed by atoms with E-state index < -0.39 is 6.10 Å². The van der Waals surface area contributed by atoms with E-state index in [0.29, 0.717) is 12.8 Å². The monoisotopic (exact) mass is 456 g/mol. The van der Waals surface area contributed by atoms with Crippen molar-refractivity contribution in [2.24, 2.45) is 11.8 Å². The van der Waals surface area contributed by atoms with Crippen molar-refractivity contribution in [2.45, 2.75) is 137 Å². The zero-order chi connectivity index (χ0) is 24.0. The molecule has 0 spiro atoms. The van der Waals surface area contributed by atoms with Crippen molar-refractivity contribution in [1.82, 2.24) is 0 Å². The second kappa shape index (κ2) is 21.7. The number of esters is 2. The molecule has 1 atom stereocenters. The minimum absolute atomic E-state index is 0.0634. The first-order chi connectivity index (χ1) is 15.3. The van der Waals surface area contributed by atoms with Crippen molar-refractivity contribution < 1.29 is 24.2 Å². The molecule has 1 unspecified atom stereocenters. The van der Waals surface area contributed by atoms with Crippen LogP contribution in [0, 0.1) is 11.8 Å². The van der Waals surface area contributed by atoms with E-state index in [1.54, 1.807) is 0 Å². The maximum atomic E-state index is 11.9. The van der Waals surface area contributed by atoms with E-state index >= 15 is 0 Å². The van der Waals surface area contributed by atoms with Gasteiger partial charge >= 0.3 is 11.9 Å². The minimum atomic E-state index is -0.761. The van der Waals surface area contributed by atoms with E-state index in [1.807, 2.05) is 0 Å². The summed E-state index contributed by atoms with van der Waals surface area (Å²) in [5.74, 6) is 0.952. The van der Waals surface area contributed by atoms with Crippen LogP contribution in [0.1, 0.15) is 130 Å². The molecule has 5 nitrogen and oxygen atoms in total. The van der Waals surface area contributed by atoms with Crippen LogP contribution in [0.3, 0.4) is 0 Å². The van der Waals surface area contributed by atoms with Gasteiger partial charge < -0.3 is 14.6 Å². The van der Waals surface area contributed by atoms with E-state index in [-0.39, 0.29) is 25.2 Å². The maximum absolute atomic E-state index is 11.9. The topological polar surface area (TPSA) is 72.8 Å². The van der Waals surface area contributed by atoms with E-state index in [4.69, 9.17) is 9.47 Å². The van der Waals surface area contributed by atoms with Crippen LogP contribution in [0.5, 0.6) is 0 Å². The van der Waals surface area contributed by atoms with Crippen molar-refractivity contribution in [3.8, 4) is 0 Å². The van der Waals surface area contributed by atoms with E-state index in [2.05, 4.69) is 27.7 Å². The van der Waals surface area contributed by atoms with Gasteiger partial charge in [0.05, 0.1) is 6.61 Å². The number of ether oxygens (including phenoxy) is 2. The number of carbonyl (C=O) groups is 2. The number of rotatable bonds is 22. The highest BCUT2D eigenvalue weighted by Gasteiger charge is 2.16. The predicted octanol–water partition coefficient (Wildman–Crippen LogP) is 6.99. The number of aliphatic hydroxyl groups excluding tert-OH is 1. The van der Waals surface area contributed by atoms with E-state index in [0.717, 1.165) is 50.4 Å². The molecular formula is C27H52O5. The van der Waals surface area contributed by atoms with Gasteiger partial charge in [-0.05, 0) is 24.7 Å². The van der Waals surface area contributed by atoms with Gasteiger partial charge in [0.1, 0.15) is 6.61 Å². The smallest absolute Gasteiger partial charge is 0.306 e. The third kappa shape index (κ3) is 22.1. The van der Waals surface area contributed by atoms with Crippen molar-refractivity contribution >= 4 is 11.9 Å². The fraction of sp³-hybridized carbons (Fsp3) is 0.926. The highest BCUT2D eigenvalue weighted by molar-refractivity contribution is 5.70. The quantitative estimate of drug-likeness (QED) is 0.140. The number of hydrogen-bond donors (Lipinski definition) is 1. The van der Waals surface area contributed by atoms with Gasteiger partial charge in [0.25, 0.3) is 0 Å². The first kappa shape index (κ1) is 30.9. The molecule has 0 aromatic rings. The summed E-state index contributed by atoms with van der Waals surface area (Å²) in [6.07, 6.45) is 16.1. The molecule has 0 aliphatic rings. The number of unbranched alkanes of at least 4 members (excludes halogenated alkanes) is 10. The molecule has 0 fully saturated rings. The summed E-state index contributed by atoms with van der Waals surface area (Å²) >= 11 is 0. The number of aliphatic hydroxyl groups is 1. The average molecular weight is 457 g/mol. The maximum Gasteiger partial charge on any atom is 0.306 e. The molecular weight excluding hydrogens is 404 g/mol. The van der Waals surface area contributed by atoms with Crippen molar-refractivity contribution in [2.75, 3.05) is 13.2 Å². The number of carbonyl (C=O) groups excluding carboxylic acids is 2. The Morgan fingerprint density at radius 2 is 1.03 bits per heavy atom.